The van der Waals surface area contributed by atoms with Crippen molar-refractivity contribution >= 4 is 47.0 Å². The van der Waals surface area contributed by atoms with Crippen LogP contribution in [0.3, 0.4) is 0 Å². The molecule has 1 saturated heterocycles. The summed E-state index contributed by atoms with van der Waals surface area (Å²) >= 11 is 1.81. The van der Waals surface area contributed by atoms with Crippen molar-refractivity contribution in [1.82, 2.24) is 15.2 Å². The highest BCUT2D eigenvalue weighted by Gasteiger charge is 2.20. The molecule has 1 aromatic carbocycles. The number of aromatic nitrogens is 1. The molecule has 6 nitrogen and oxygen atoms in total. The van der Waals surface area contributed by atoms with E-state index < -0.39 is 0 Å². The molecule has 2 aromatic rings. The highest BCUT2D eigenvalue weighted by atomic mass is 127. The molecule has 0 spiro atoms. The topological polar surface area (TPSA) is 53.0 Å². The summed E-state index contributed by atoms with van der Waals surface area (Å²) in [5.74, 6) is 1.88. The Hall–Kier alpha value is -1.55. The molecule has 160 valence electrons. The predicted octanol–water partition coefficient (Wildman–Crippen LogP) is 3.58. The lowest BCUT2D eigenvalue weighted by atomic mass is 10.2. The van der Waals surface area contributed by atoms with Gasteiger partial charge in [0.25, 0.3) is 0 Å². The Bertz CT molecular complexity index is 802. The minimum absolute atomic E-state index is 0. The van der Waals surface area contributed by atoms with Crippen LogP contribution in [0.25, 0.3) is 0 Å². The van der Waals surface area contributed by atoms with Gasteiger partial charge < -0.3 is 19.9 Å². The van der Waals surface area contributed by atoms with Gasteiger partial charge in [-0.3, -0.25) is 4.99 Å². The molecule has 0 bridgehead atoms. The van der Waals surface area contributed by atoms with Gasteiger partial charge in [0.15, 0.2) is 5.96 Å². The minimum atomic E-state index is 0. The number of hydrogen-bond acceptors (Lipinski definition) is 5. The van der Waals surface area contributed by atoms with Gasteiger partial charge in [0.1, 0.15) is 5.75 Å². The third-order valence-electron chi connectivity index (χ3n) is 5.10. The van der Waals surface area contributed by atoms with Crippen LogP contribution < -0.4 is 15.0 Å². The van der Waals surface area contributed by atoms with Gasteiger partial charge in [-0.25, -0.2) is 4.98 Å². The number of methoxy groups -OCH3 is 1. The van der Waals surface area contributed by atoms with Crippen LogP contribution in [0, 0.1) is 6.92 Å². The van der Waals surface area contributed by atoms with E-state index in [1.54, 1.807) is 7.11 Å². The fraction of sp³-hybridized carbons (Fsp3) is 0.524. The van der Waals surface area contributed by atoms with Gasteiger partial charge in [-0.15, -0.1) is 35.3 Å². The van der Waals surface area contributed by atoms with Gasteiger partial charge in [-0.2, -0.15) is 0 Å². The number of nitrogens with zero attached hydrogens (tertiary/aromatic N) is 4. The number of benzene rings is 1. The number of piperazine rings is 1. The zero-order chi connectivity index (χ0) is 19.9. The van der Waals surface area contributed by atoms with Crippen molar-refractivity contribution in [3.05, 3.63) is 39.8 Å². The maximum atomic E-state index is 5.35. The molecule has 1 aliphatic rings. The lowest BCUT2D eigenvalue weighted by Gasteiger charge is -2.37. The summed E-state index contributed by atoms with van der Waals surface area (Å²) in [5.41, 5.74) is 2.45. The summed E-state index contributed by atoms with van der Waals surface area (Å²) in [5, 5.41) is 4.72. The highest BCUT2D eigenvalue weighted by Crippen LogP contribution is 2.22. The van der Waals surface area contributed by atoms with Crippen molar-refractivity contribution in [2.24, 2.45) is 4.99 Å². The zero-order valence-corrected chi connectivity index (χ0v) is 20.9. The van der Waals surface area contributed by atoms with E-state index in [9.17, 15) is 0 Å². The van der Waals surface area contributed by atoms with E-state index in [1.165, 1.54) is 21.3 Å². The molecule has 0 amide bonds. The standard InChI is InChI=1S/C21H31N5OS.HI/c1-5-19-16(2)28-20(24-19)9-10-23-21(22-3)26-13-11-25(12-14-26)17-7-6-8-18(15-17)27-4;/h6-8,15H,5,9-14H2,1-4H3,(H,22,23);1H. The highest BCUT2D eigenvalue weighted by molar-refractivity contribution is 14.0. The van der Waals surface area contributed by atoms with Crippen LogP contribution in [0.5, 0.6) is 5.75 Å². The first-order valence-electron chi connectivity index (χ1n) is 9.94. The number of ether oxygens (including phenoxy) is 1. The Morgan fingerprint density at radius 3 is 2.66 bits per heavy atom. The Labute approximate surface area is 195 Å². The van der Waals surface area contributed by atoms with Gasteiger partial charge in [0.2, 0.25) is 0 Å². The molecule has 0 unspecified atom stereocenters. The number of halogens is 1. The molecule has 2 heterocycles. The molecule has 1 aromatic heterocycles. The molecule has 0 radical (unpaired) electrons. The van der Waals surface area contributed by atoms with Gasteiger partial charge in [0, 0.05) is 62.8 Å². The Morgan fingerprint density at radius 2 is 2.03 bits per heavy atom. The van der Waals surface area contributed by atoms with Gasteiger partial charge in [-0.05, 0) is 25.5 Å². The molecule has 1 aliphatic heterocycles. The fourth-order valence-corrected chi connectivity index (χ4v) is 4.54. The van der Waals surface area contributed by atoms with Crippen molar-refractivity contribution < 1.29 is 4.74 Å². The molecular formula is C21H32IN5OS. The zero-order valence-electron chi connectivity index (χ0n) is 17.8. The first-order chi connectivity index (χ1) is 13.6. The quantitative estimate of drug-likeness (QED) is 0.352. The van der Waals surface area contributed by atoms with E-state index in [1.807, 2.05) is 30.5 Å². The Balaban J connectivity index is 0.00000300. The average Bonchev–Trinajstić information content (AvgIpc) is 3.11. The van der Waals surface area contributed by atoms with E-state index in [-0.39, 0.29) is 24.0 Å². The number of aliphatic imine (C=N–C) groups is 1. The lowest BCUT2D eigenvalue weighted by Crippen LogP contribution is -2.52. The summed E-state index contributed by atoms with van der Waals surface area (Å²) in [6.07, 6.45) is 1.95. The maximum absolute atomic E-state index is 5.35. The van der Waals surface area contributed by atoms with Crippen LogP contribution in [-0.4, -0.2) is 62.7 Å². The number of nitrogens with one attached hydrogen (secondary N) is 1. The first kappa shape index (κ1) is 23.7. The number of thiazole rings is 1. The molecule has 3 rings (SSSR count). The molecule has 1 N–H and O–H groups in total. The third kappa shape index (κ3) is 6.21. The van der Waals surface area contributed by atoms with Crippen LogP contribution >= 0.6 is 35.3 Å². The first-order valence-corrected chi connectivity index (χ1v) is 10.8. The number of guanidine groups is 1. The normalized spacial score (nSPS) is 14.6. The second kappa shape index (κ2) is 11.6. The largest absolute Gasteiger partial charge is 0.497 e. The summed E-state index contributed by atoms with van der Waals surface area (Å²) in [6, 6.07) is 8.28. The fourth-order valence-electron chi connectivity index (χ4n) is 3.52. The molecule has 0 aliphatic carbocycles. The van der Waals surface area contributed by atoms with E-state index in [4.69, 9.17) is 9.72 Å². The smallest absolute Gasteiger partial charge is 0.193 e. The van der Waals surface area contributed by atoms with E-state index in [2.05, 4.69) is 46.1 Å². The second-order valence-electron chi connectivity index (χ2n) is 6.86. The van der Waals surface area contributed by atoms with Gasteiger partial charge in [-0.1, -0.05) is 13.0 Å². The van der Waals surface area contributed by atoms with Crippen LogP contribution in [0.2, 0.25) is 0 Å². The molecule has 1 fully saturated rings. The summed E-state index contributed by atoms with van der Waals surface area (Å²) in [4.78, 5) is 15.3. The minimum Gasteiger partial charge on any atom is -0.497 e. The monoisotopic (exact) mass is 529 g/mol. The van der Waals surface area contributed by atoms with E-state index in [0.29, 0.717) is 0 Å². The molecule has 8 heteroatoms. The third-order valence-corrected chi connectivity index (χ3v) is 6.18. The van der Waals surface area contributed by atoms with E-state index in [0.717, 1.165) is 57.3 Å². The molecular weight excluding hydrogens is 497 g/mol. The number of hydrogen-bond donors (Lipinski definition) is 1. The number of rotatable bonds is 6. The summed E-state index contributed by atoms with van der Waals surface area (Å²) in [7, 11) is 3.57. The Kier molecular flexibility index (Phi) is 9.48. The van der Waals surface area contributed by atoms with Crippen molar-refractivity contribution in [2.75, 3.05) is 51.8 Å². The predicted molar refractivity (Wildman–Crippen MR) is 133 cm³/mol. The second-order valence-corrected chi connectivity index (χ2v) is 8.15. The summed E-state index contributed by atoms with van der Waals surface area (Å²) < 4.78 is 5.35. The number of aryl methyl sites for hydroxylation is 2. The molecule has 29 heavy (non-hydrogen) atoms. The van der Waals surface area contributed by atoms with Crippen LogP contribution in [0.4, 0.5) is 5.69 Å². The van der Waals surface area contributed by atoms with Crippen molar-refractivity contribution in [2.45, 2.75) is 26.7 Å². The van der Waals surface area contributed by atoms with Gasteiger partial charge >= 0.3 is 0 Å². The van der Waals surface area contributed by atoms with E-state index >= 15 is 0 Å². The number of anilines is 1. The van der Waals surface area contributed by atoms with Crippen LogP contribution in [0.1, 0.15) is 22.5 Å². The van der Waals surface area contributed by atoms with Crippen molar-refractivity contribution in [1.29, 1.82) is 0 Å². The average molecular weight is 529 g/mol. The maximum Gasteiger partial charge on any atom is 0.193 e. The van der Waals surface area contributed by atoms with Crippen LogP contribution in [-0.2, 0) is 12.8 Å². The molecule has 0 saturated carbocycles. The van der Waals surface area contributed by atoms with Crippen molar-refractivity contribution in [3.8, 4) is 5.75 Å². The van der Waals surface area contributed by atoms with Crippen LogP contribution in [0.15, 0.2) is 29.3 Å². The van der Waals surface area contributed by atoms with Crippen molar-refractivity contribution in [3.63, 3.8) is 0 Å². The lowest BCUT2D eigenvalue weighted by molar-refractivity contribution is 0.372. The van der Waals surface area contributed by atoms with Gasteiger partial charge in [0.05, 0.1) is 17.8 Å². The molecule has 0 atom stereocenters. The summed E-state index contributed by atoms with van der Waals surface area (Å²) in [6.45, 7) is 9.03. The Morgan fingerprint density at radius 1 is 1.28 bits per heavy atom. The SMILES string of the molecule is CCc1nc(CCNC(=NC)N2CCN(c3cccc(OC)c3)CC2)sc1C.I.